The van der Waals surface area contributed by atoms with Gasteiger partial charge in [-0.15, -0.1) is 0 Å². The minimum atomic E-state index is -0.322. The summed E-state index contributed by atoms with van der Waals surface area (Å²) in [6.07, 6.45) is 6.97. The van der Waals surface area contributed by atoms with Crippen LogP contribution in [0.3, 0.4) is 0 Å². The minimum Gasteiger partial charge on any atom is -0.454 e. The van der Waals surface area contributed by atoms with Gasteiger partial charge in [-0.2, -0.15) is 0 Å². The molecule has 0 unspecified atom stereocenters. The maximum Gasteiger partial charge on any atom is 0.257 e. The highest BCUT2D eigenvalue weighted by atomic mass is 35.5. The van der Waals surface area contributed by atoms with Crippen molar-refractivity contribution in [2.45, 2.75) is 13.3 Å². The summed E-state index contributed by atoms with van der Waals surface area (Å²) in [6, 6.07) is 8.51. The first-order valence-corrected chi connectivity index (χ1v) is 8.01. The number of halogens is 1. The SMILES string of the molecule is CCc1ccnc(NC(=O)c2cc(Cl)cc(Oc3cncnc3)c2)c1. The van der Waals surface area contributed by atoms with E-state index in [2.05, 4.69) is 20.3 Å². The number of aryl methyl sites for hydroxylation is 1. The molecule has 0 aliphatic heterocycles. The molecule has 3 aromatic rings. The molecule has 1 aromatic carbocycles. The summed E-state index contributed by atoms with van der Waals surface area (Å²) in [6.45, 7) is 2.04. The molecule has 1 N–H and O–H groups in total. The Kier molecular flexibility index (Phi) is 5.20. The number of carbonyl (C=O) groups is 1. The Morgan fingerprint density at radius 3 is 2.72 bits per heavy atom. The van der Waals surface area contributed by atoms with E-state index in [0.29, 0.717) is 27.9 Å². The molecule has 0 fully saturated rings. The van der Waals surface area contributed by atoms with Crippen LogP contribution >= 0.6 is 11.6 Å². The van der Waals surface area contributed by atoms with Crippen LogP contribution in [0.2, 0.25) is 5.02 Å². The van der Waals surface area contributed by atoms with Crippen molar-refractivity contribution in [1.82, 2.24) is 15.0 Å². The van der Waals surface area contributed by atoms with Gasteiger partial charge in [0.1, 0.15) is 17.9 Å². The molecule has 6 nitrogen and oxygen atoms in total. The van der Waals surface area contributed by atoms with Crippen molar-refractivity contribution in [3.63, 3.8) is 0 Å². The molecule has 25 heavy (non-hydrogen) atoms. The average molecular weight is 355 g/mol. The normalized spacial score (nSPS) is 10.3. The number of nitrogens with zero attached hydrogens (tertiary/aromatic N) is 3. The highest BCUT2D eigenvalue weighted by molar-refractivity contribution is 6.31. The van der Waals surface area contributed by atoms with Crippen LogP contribution in [0.4, 0.5) is 5.82 Å². The molecule has 0 saturated heterocycles. The molecular weight excluding hydrogens is 340 g/mol. The molecule has 126 valence electrons. The van der Waals surface area contributed by atoms with Crippen LogP contribution in [0, 0.1) is 0 Å². The lowest BCUT2D eigenvalue weighted by atomic mass is 10.2. The van der Waals surface area contributed by atoms with E-state index in [0.717, 1.165) is 12.0 Å². The predicted molar refractivity (Wildman–Crippen MR) is 95.1 cm³/mol. The second-order valence-electron chi connectivity index (χ2n) is 5.21. The third-order valence-electron chi connectivity index (χ3n) is 3.38. The molecule has 2 aromatic heterocycles. The van der Waals surface area contributed by atoms with Gasteiger partial charge >= 0.3 is 0 Å². The number of anilines is 1. The smallest absolute Gasteiger partial charge is 0.257 e. The Morgan fingerprint density at radius 1 is 1.16 bits per heavy atom. The Balaban J connectivity index is 1.80. The molecule has 0 bridgehead atoms. The molecule has 0 aliphatic rings. The zero-order valence-electron chi connectivity index (χ0n) is 13.4. The number of hydrogen-bond acceptors (Lipinski definition) is 5. The van der Waals surface area contributed by atoms with Crippen LogP contribution in [0.1, 0.15) is 22.8 Å². The van der Waals surface area contributed by atoms with Gasteiger partial charge in [0.2, 0.25) is 0 Å². The minimum absolute atomic E-state index is 0.322. The maximum absolute atomic E-state index is 12.5. The van der Waals surface area contributed by atoms with Crippen molar-refractivity contribution < 1.29 is 9.53 Å². The van der Waals surface area contributed by atoms with Crippen molar-refractivity contribution in [3.8, 4) is 11.5 Å². The van der Waals surface area contributed by atoms with Gasteiger partial charge in [0, 0.05) is 16.8 Å². The first-order valence-electron chi connectivity index (χ1n) is 7.64. The first kappa shape index (κ1) is 16.9. The van der Waals surface area contributed by atoms with E-state index in [1.807, 2.05) is 19.1 Å². The second-order valence-corrected chi connectivity index (χ2v) is 5.65. The fourth-order valence-corrected chi connectivity index (χ4v) is 2.40. The average Bonchev–Trinajstić information content (AvgIpc) is 2.62. The summed E-state index contributed by atoms with van der Waals surface area (Å²) in [5.41, 5.74) is 1.45. The van der Waals surface area contributed by atoms with Crippen LogP contribution < -0.4 is 10.1 Å². The highest BCUT2D eigenvalue weighted by Gasteiger charge is 2.11. The lowest BCUT2D eigenvalue weighted by molar-refractivity contribution is 0.102. The van der Waals surface area contributed by atoms with E-state index in [9.17, 15) is 4.79 Å². The first-order chi connectivity index (χ1) is 12.1. The topological polar surface area (TPSA) is 77.0 Å². The molecule has 0 saturated carbocycles. The van der Waals surface area contributed by atoms with Gasteiger partial charge in [0.15, 0.2) is 5.75 Å². The second kappa shape index (κ2) is 7.72. The monoisotopic (exact) mass is 354 g/mol. The lowest BCUT2D eigenvalue weighted by Crippen LogP contribution is -2.13. The third-order valence-corrected chi connectivity index (χ3v) is 3.60. The number of ether oxygens (including phenoxy) is 1. The van der Waals surface area contributed by atoms with E-state index in [4.69, 9.17) is 16.3 Å². The van der Waals surface area contributed by atoms with Gasteiger partial charge < -0.3 is 10.1 Å². The number of hydrogen-bond donors (Lipinski definition) is 1. The number of nitrogens with one attached hydrogen (secondary N) is 1. The molecule has 7 heteroatoms. The Hall–Kier alpha value is -2.99. The van der Waals surface area contributed by atoms with Crippen LogP contribution in [-0.4, -0.2) is 20.9 Å². The highest BCUT2D eigenvalue weighted by Crippen LogP contribution is 2.26. The van der Waals surface area contributed by atoms with E-state index < -0.39 is 0 Å². The third kappa shape index (κ3) is 4.51. The molecular formula is C18H15ClN4O2. The van der Waals surface area contributed by atoms with E-state index in [-0.39, 0.29) is 5.91 Å². The fraction of sp³-hybridized carbons (Fsp3) is 0.111. The fourth-order valence-electron chi connectivity index (χ4n) is 2.18. The van der Waals surface area contributed by atoms with Crippen molar-refractivity contribution >= 4 is 23.3 Å². The molecule has 2 heterocycles. The van der Waals surface area contributed by atoms with Gasteiger partial charge in [0.25, 0.3) is 5.91 Å². The summed E-state index contributed by atoms with van der Waals surface area (Å²) >= 11 is 6.10. The van der Waals surface area contributed by atoms with Crippen molar-refractivity contribution in [2.24, 2.45) is 0 Å². The maximum atomic E-state index is 12.5. The number of amides is 1. The summed E-state index contributed by atoms with van der Waals surface area (Å²) < 4.78 is 5.63. The van der Waals surface area contributed by atoms with Crippen molar-refractivity contribution in [2.75, 3.05) is 5.32 Å². The van der Waals surface area contributed by atoms with Crippen LogP contribution in [0.5, 0.6) is 11.5 Å². The lowest BCUT2D eigenvalue weighted by Gasteiger charge is -2.09. The number of aromatic nitrogens is 3. The zero-order chi connectivity index (χ0) is 17.6. The summed E-state index contributed by atoms with van der Waals surface area (Å²) in [5, 5.41) is 3.15. The number of benzene rings is 1. The van der Waals surface area contributed by atoms with E-state index in [1.54, 1.807) is 24.4 Å². The van der Waals surface area contributed by atoms with Crippen LogP contribution in [0.15, 0.2) is 55.2 Å². The molecule has 0 aliphatic carbocycles. The summed E-state index contributed by atoms with van der Waals surface area (Å²) in [7, 11) is 0. The van der Waals surface area contributed by atoms with Crippen LogP contribution in [0.25, 0.3) is 0 Å². The molecule has 3 rings (SSSR count). The van der Waals surface area contributed by atoms with E-state index in [1.165, 1.54) is 18.7 Å². The van der Waals surface area contributed by atoms with Gasteiger partial charge in [-0.1, -0.05) is 18.5 Å². The van der Waals surface area contributed by atoms with Gasteiger partial charge in [-0.3, -0.25) is 4.79 Å². The summed E-state index contributed by atoms with van der Waals surface area (Å²) in [5.74, 6) is 1.04. The Bertz CT molecular complexity index is 887. The molecule has 0 atom stereocenters. The quantitative estimate of drug-likeness (QED) is 0.745. The number of pyridine rings is 1. The Labute approximate surface area is 149 Å². The van der Waals surface area contributed by atoms with Crippen molar-refractivity contribution in [3.05, 3.63) is 71.4 Å². The summed E-state index contributed by atoms with van der Waals surface area (Å²) in [4.78, 5) is 24.4. The molecule has 0 spiro atoms. The standard InChI is InChI=1S/C18H15ClN4O2/c1-2-12-3-4-22-17(5-12)23-18(24)13-6-14(19)8-15(7-13)25-16-9-20-11-21-10-16/h3-11H,2H2,1H3,(H,22,23,24). The predicted octanol–water partition coefficient (Wildman–Crippen LogP) is 4.13. The van der Waals surface area contributed by atoms with Gasteiger partial charge in [0.05, 0.1) is 12.4 Å². The van der Waals surface area contributed by atoms with Gasteiger partial charge in [-0.25, -0.2) is 15.0 Å². The largest absolute Gasteiger partial charge is 0.454 e. The molecule has 1 amide bonds. The van der Waals surface area contributed by atoms with Gasteiger partial charge in [-0.05, 0) is 42.3 Å². The number of carbonyl (C=O) groups excluding carboxylic acids is 1. The molecule has 0 radical (unpaired) electrons. The van der Waals surface area contributed by atoms with Crippen LogP contribution in [-0.2, 0) is 6.42 Å². The zero-order valence-corrected chi connectivity index (χ0v) is 14.2. The Morgan fingerprint density at radius 2 is 1.96 bits per heavy atom. The van der Waals surface area contributed by atoms with E-state index >= 15 is 0 Å². The van der Waals surface area contributed by atoms with Crippen molar-refractivity contribution in [1.29, 1.82) is 0 Å². The number of rotatable bonds is 5.